The van der Waals surface area contributed by atoms with Crippen LogP contribution in [0.15, 0.2) is 53.4 Å². The zero-order chi connectivity index (χ0) is 21.1. The molecule has 0 spiro atoms. The summed E-state index contributed by atoms with van der Waals surface area (Å²) in [6, 6.07) is 14.9. The van der Waals surface area contributed by atoms with Crippen LogP contribution in [0.3, 0.4) is 0 Å². The second-order valence-corrected chi connectivity index (χ2v) is 10.1. The number of fused-ring (bicyclic) bond motifs is 1. The molecule has 0 saturated carbocycles. The molecule has 4 rings (SSSR count). The lowest BCUT2D eigenvalue weighted by atomic mass is 10.1. The monoisotopic (exact) mass is 427 g/mol. The summed E-state index contributed by atoms with van der Waals surface area (Å²) >= 11 is 0. The molecule has 1 fully saturated rings. The molecule has 2 aliphatic heterocycles. The molecule has 1 amide bonds. The third-order valence-electron chi connectivity index (χ3n) is 5.98. The normalized spacial score (nSPS) is 19.9. The second-order valence-electron chi connectivity index (χ2n) is 8.14. The second kappa shape index (κ2) is 8.78. The summed E-state index contributed by atoms with van der Waals surface area (Å²) in [5.74, 6) is 0.00807. The van der Waals surface area contributed by atoms with Crippen LogP contribution in [0.2, 0.25) is 0 Å². The van der Waals surface area contributed by atoms with E-state index in [0.29, 0.717) is 18.0 Å². The molecule has 0 aliphatic carbocycles. The Morgan fingerprint density at radius 3 is 2.37 bits per heavy atom. The third-order valence-corrected chi connectivity index (χ3v) is 7.89. The molecule has 1 saturated heterocycles. The molecule has 1 atom stereocenters. The van der Waals surface area contributed by atoms with Crippen LogP contribution >= 0.6 is 0 Å². The quantitative estimate of drug-likeness (QED) is 0.791. The largest absolute Gasteiger partial charge is 0.376 e. The van der Waals surface area contributed by atoms with Crippen LogP contribution in [-0.4, -0.2) is 44.3 Å². The molecule has 30 heavy (non-hydrogen) atoms. The Balaban J connectivity index is 1.40. The molecule has 2 aromatic carbocycles. The van der Waals surface area contributed by atoms with Crippen molar-refractivity contribution in [2.45, 2.75) is 50.0 Å². The Morgan fingerprint density at radius 2 is 1.67 bits per heavy atom. The Kier molecular flexibility index (Phi) is 6.11. The van der Waals surface area contributed by atoms with E-state index in [9.17, 15) is 13.2 Å². The van der Waals surface area contributed by atoms with E-state index in [-0.39, 0.29) is 18.5 Å². The van der Waals surface area contributed by atoms with Crippen molar-refractivity contribution in [3.8, 4) is 0 Å². The fraction of sp³-hybridized carbons (Fsp3) is 0.435. The topological polar surface area (TPSA) is 69.7 Å². The molecular formula is C23H29N3O3S. The number of anilines is 2. The molecular weight excluding hydrogens is 398 g/mol. The summed E-state index contributed by atoms with van der Waals surface area (Å²) in [5.41, 5.74) is 2.91. The Morgan fingerprint density at radius 1 is 1.00 bits per heavy atom. The fourth-order valence-electron chi connectivity index (χ4n) is 4.38. The van der Waals surface area contributed by atoms with Crippen molar-refractivity contribution < 1.29 is 13.2 Å². The van der Waals surface area contributed by atoms with E-state index in [1.54, 1.807) is 28.6 Å². The van der Waals surface area contributed by atoms with Crippen molar-refractivity contribution in [1.82, 2.24) is 4.31 Å². The van der Waals surface area contributed by atoms with Crippen molar-refractivity contribution in [2.24, 2.45) is 0 Å². The molecule has 0 aromatic heterocycles. The summed E-state index contributed by atoms with van der Waals surface area (Å²) in [6.07, 6.45) is 4.87. The van der Waals surface area contributed by atoms with E-state index < -0.39 is 10.0 Å². The third kappa shape index (κ3) is 4.23. The first-order valence-corrected chi connectivity index (χ1v) is 12.1. The molecule has 2 aromatic rings. The van der Waals surface area contributed by atoms with Gasteiger partial charge in [-0.15, -0.1) is 0 Å². The number of amides is 1. The van der Waals surface area contributed by atoms with Gasteiger partial charge in [0.1, 0.15) is 0 Å². The van der Waals surface area contributed by atoms with Gasteiger partial charge < -0.3 is 10.2 Å². The van der Waals surface area contributed by atoms with E-state index in [2.05, 4.69) is 18.3 Å². The van der Waals surface area contributed by atoms with Crippen LogP contribution in [0.5, 0.6) is 0 Å². The number of nitrogens with one attached hydrogen (secondary N) is 1. The minimum atomic E-state index is -3.46. The van der Waals surface area contributed by atoms with Gasteiger partial charge in [0, 0.05) is 30.5 Å². The van der Waals surface area contributed by atoms with Crippen LogP contribution in [0.1, 0.15) is 38.2 Å². The molecule has 1 N–H and O–H groups in total. The van der Waals surface area contributed by atoms with Crippen LogP contribution in [0.4, 0.5) is 11.4 Å². The van der Waals surface area contributed by atoms with Gasteiger partial charge in [0.25, 0.3) is 0 Å². The zero-order valence-corrected chi connectivity index (χ0v) is 18.2. The Labute approximate surface area is 178 Å². The highest BCUT2D eigenvalue weighted by Gasteiger charge is 2.30. The lowest BCUT2D eigenvalue weighted by molar-refractivity contribution is -0.117. The van der Waals surface area contributed by atoms with Crippen molar-refractivity contribution in [2.75, 3.05) is 29.9 Å². The number of sulfonamides is 1. The number of para-hydroxylation sites is 1. The summed E-state index contributed by atoms with van der Waals surface area (Å²) in [4.78, 5) is 15.0. The number of carbonyl (C=O) groups excluding carboxylic acids is 1. The van der Waals surface area contributed by atoms with Crippen molar-refractivity contribution in [3.05, 3.63) is 54.1 Å². The lowest BCUT2D eigenvalue weighted by Gasteiger charge is -2.23. The molecule has 160 valence electrons. The van der Waals surface area contributed by atoms with Gasteiger partial charge in [-0.2, -0.15) is 4.31 Å². The van der Waals surface area contributed by atoms with Crippen LogP contribution in [0, 0.1) is 0 Å². The predicted octanol–water partition coefficient (Wildman–Crippen LogP) is 3.64. The predicted molar refractivity (Wildman–Crippen MR) is 119 cm³/mol. The van der Waals surface area contributed by atoms with Crippen molar-refractivity contribution >= 4 is 27.3 Å². The highest BCUT2D eigenvalue weighted by atomic mass is 32.2. The highest BCUT2D eigenvalue weighted by molar-refractivity contribution is 7.89. The number of nitrogens with zero attached hydrogens (tertiary/aromatic N) is 2. The maximum atomic E-state index is 12.9. The minimum absolute atomic E-state index is 0.00807. The molecule has 0 unspecified atom stereocenters. The van der Waals surface area contributed by atoms with Gasteiger partial charge in [-0.3, -0.25) is 4.79 Å². The maximum Gasteiger partial charge on any atom is 0.246 e. The molecule has 2 heterocycles. The summed E-state index contributed by atoms with van der Waals surface area (Å²) in [7, 11) is -3.46. The van der Waals surface area contributed by atoms with Gasteiger partial charge in [0.2, 0.25) is 15.9 Å². The average molecular weight is 428 g/mol. The smallest absolute Gasteiger partial charge is 0.246 e. The van der Waals surface area contributed by atoms with Crippen molar-refractivity contribution in [3.63, 3.8) is 0 Å². The Bertz CT molecular complexity index is 997. The van der Waals surface area contributed by atoms with Gasteiger partial charge in [-0.05, 0) is 62.1 Å². The molecule has 7 heteroatoms. The Hall–Kier alpha value is -2.38. The van der Waals surface area contributed by atoms with E-state index in [4.69, 9.17) is 0 Å². The van der Waals surface area contributed by atoms with Crippen LogP contribution in [-0.2, 0) is 21.2 Å². The first-order chi connectivity index (χ1) is 14.5. The first-order valence-electron chi connectivity index (χ1n) is 10.7. The maximum absolute atomic E-state index is 12.9. The highest BCUT2D eigenvalue weighted by Crippen LogP contribution is 2.31. The van der Waals surface area contributed by atoms with Crippen LogP contribution < -0.4 is 10.2 Å². The lowest BCUT2D eigenvalue weighted by Crippen LogP contribution is -2.39. The van der Waals surface area contributed by atoms with Gasteiger partial charge in [0.05, 0.1) is 11.4 Å². The van der Waals surface area contributed by atoms with Gasteiger partial charge >= 0.3 is 0 Å². The molecule has 0 radical (unpaired) electrons. The molecule has 6 nitrogen and oxygen atoms in total. The summed E-state index contributed by atoms with van der Waals surface area (Å²) in [6.45, 7) is 3.40. The number of hydrogen-bond acceptors (Lipinski definition) is 4. The summed E-state index contributed by atoms with van der Waals surface area (Å²) in [5, 5.41) is 3.14. The minimum Gasteiger partial charge on any atom is -0.376 e. The SMILES string of the molecule is C[C@@H]1Cc2ccccc2N1C(=O)CNc1ccc(S(=O)(=O)N2CCCCCC2)cc1. The number of benzene rings is 2. The van der Waals surface area contributed by atoms with Gasteiger partial charge in [0.15, 0.2) is 0 Å². The standard InChI is InChI=1S/C23H29N3O3S/c1-18-16-19-8-4-5-9-22(19)26(18)23(27)17-24-20-10-12-21(13-11-20)30(28,29)25-14-6-2-3-7-15-25/h4-5,8-13,18,24H,2-3,6-7,14-17H2,1H3/t18-/m1/s1. The number of hydrogen-bond donors (Lipinski definition) is 1. The first kappa shape index (κ1) is 20.9. The molecule has 0 bridgehead atoms. The van der Waals surface area contributed by atoms with Crippen molar-refractivity contribution in [1.29, 1.82) is 0 Å². The zero-order valence-electron chi connectivity index (χ0n) is 17.4. The van der Waals surface area contributed by atoms with E-state index in [1.165, 1.54) is 5.56 Å². The van der Waals surface area contributed by atoms with Gasteiger partial charge in [-0.25, -0.2) is 8.42 Å². The van der Waals surface area contributed by atoms with E-state index >= 15 is 0 Å². The fourth-order valence-corrected chi connectivity index (χ4v) is 5.90. The van der Waals surface area contributed by atoms with E-state index in [1.807, 2.05) is 23.1 Å². The average Bonchev–Trinajstić information content (AvgIpc) is 2.91. The number of carbonyl (C=O) groups is 1. The van der Waals surface area contributed by atoms with E-state index in [0.717, 1.165) is 43.5 Å². The van der Waals surface area contributed by atoms with Gasteiger partial charge in [-0.1, -0.05) is 31.0 Å². The number of rotatable bonds is 5. The molecule has 2 aliphatic rings. The summed E-state index contributed by atoms with van der Waals surface area (Å²) < 4.78 is 27.4. The van der Waals surface area contributed by atoms with Crippen LogP contribution in [0.25, 0.3) is 0 Å².